The summed E-state index contributed by atoms with van der Waals surface area (Å²) in [6.45, 7) is 1.46. The highest BCUT2D eigenvalue weighted by Gasteiger charge is 2.07. The summed E-state index contributed by atoms with van der Waals surface area (Å²) in [5.74, 6) is 0. The van der Waals surface area contributed by atoms with Crippen molar-refractivity contribution in [2.45, 2.75) is 6.42 Å². The predicted octanol–water partition coefficient (Wildman–Crippen LogP) is 1.29. The van der Waals surface area contributed by atoms with Crippen LogP contribution in [0.15, 0.2) is 18.5 Å². The van der Waals surface area contributed by atoms with Crippen LogP contribution in [0.25, 0.3) is 5.57 Å². The highest BCUT2D eigenvalue weighted by Crippen LogP contribution is 2.20. The van der Waals surface area contributed by atoms with Gasteiger partial charge in [0.15, 0.2) is 0 Å². The number of nitrogens with zero attached hydrogens (tertiary/aromatic N) is 2. The molecule has 0 N–H and O–H groups in total. The molecule has 0 aromatic carbocycles. The molecule has 0 radical (unpaired) electrons. The molecule has 0 saturated carbocycles. The molecule has 1 aliphatic rings. The van der Waals surface area contributed by atoms with E-state index in [4.69, 9.17) is 9.47 Å². The fourth-order valence-electron chi connectivity index (χ4n) is 1.38. The standard InChI is InChI=1S/C10H12N2O2/c1-13-10-11-6-9(7-12-10)8-2-4-14-5-3-8/h2,6-7H,3-5H2,1H3. The fourth-order valence-corrected chi connectivity index (χ4v) is 1.38. The third-order valence-electron chi connectivity index (χ3n) is 2.14. The van der Waals surface area contributed by atoms with Crippen molar-refractivity contribution in [3.05, 3.63) is 24.0 Å². The van der Waals surface area contributed by atoms with Crippen LogP contribution in [0, 0.1) is 0 Å². The molecule has 0 bridgehead atoms. The van der Waals surface area contributed by atoms with Gasteiger partial charge in [0.2, 0.25) is 0 Å². The second kappa shape index (κ2) is 4.19. The minimum Gasteiger partial charge on any atom is -0.467 e. The van der Waals surface area contributed by atoms with E-state index in [9.17, 15) is 0 Å². The zero-order valence-electron chi connectivity index (χ0n) is 8.06. The van der Waals surface area contributed by atoms with Crippen molar-refractivity contribution < 1.29 is 9.47 Å². The third-order valence-corrected chi connectivity index (χ3v) is 2.14. The molecule has 0 unspecified atom stereocenters. The number of rotatable bonds is 2. The predicted molar refractivity (Wildman–Crippen MR) is 52.0 cm³/mol. The van der Waals surface area contributed by atoms with E-state index in [1.165, 1.54) is 5.57 Å². The van der Waals surface area contributed by atoms with Crippen LogP contribution in [0.1, 0.15) is 12.0 Å². The van der Waals surface area contributed by atoms with E-state index in [-0.39, 0.29) is 0 Å². The van der Waals surface area contributed by atoms with Gasteiger partial charge in [-0.2, -0.15) is 0 Å². The van der Waals surface area contributed by atoms with Gasteiger partial charge < -0.3 is 9.47 Å². The monoisotopic (exact) mass is 192 g/mol. The van der Waals surface area contributed by atoms with Crippen molar-refractivity contribution in [2.75, 3.05) is 20.3 Å². The van der Waals surface area contributed by atoms with Crippen molar-refractivity contribution in [3.63, 3.8) is 0 Å². The first kappa shape index (κ1) is 9.15. The van der Waals surface area contributed by atoms with E-state index < -0.39 is 0 Å². The molecule has 4 nitrogen and oxygen atoms in total. The number of methoxy groups -OCH3 is 1. The van der Waals surface area contributed by atoms with Gasteiger partial charge in [-0.25, -0.2) is 9.97 Å². The van der Waals surface area contributed by atoms with Crippen molar-refractivity contribution >= 4 is 5.57 Å². The molecule has 0 amide bonds. The van der Waals surface area contributed by atoms with E-state index in [0.29, 0.717) is 12.6 Å². The van der Waals surface area contributed by atoms with Crippen LogP contribution >= 0.6 is 0 Å². The van der Waals surface area contributed by atoms with Gasteiger partial charge in [0.1, 0.15) is 0 Å². The van der Waals surface area contributed by atoms with E-state index in [1.54, 1.807) is 19.5 Å². The second-order valence-corrected chi connectivity index (χ2v) is 3.01. The first-order valence-corrected chi connectivity index (χ1v) is 4.53. The number of ether oxygens (including phenoxy) is 2. The van der Waals surface area contributed by atoms with Crippen LogP contribution < -0.4 is 4.74 Å². The zero-order chi connectivity index (χ0) is 9.80. The van der Waals surface area contributed by atoms with Crippen molar-refractivity contribution in [1.29, 1.82) is 0 Å². The number of hydrogen-bond acceptors (Lipinski definition) is 4. The molecule has 14 heavy (non-hydrogen) atoms. The Hall–Kier alpha value is -1.42. The van der Waals surface area contributed by atoms with Crippen LogP contribution in [0.3, 0.4) is 0 Å². The Morgan fingerprint density at radius 1 is 1.36 bits per heavy atom. The van der Waals surface area contributed by atoms with E-state index in [2.05, 4.69) is 16.0 Å². The Morgan fingerprint density at radius 2 is 2.14 bits per heavy atom. The first-order valence-electron chi connectivity index (χ1n) is 4.53. The SMILES string of the molecule is COc1ncc(C2=CCOCC2)cn1. The second-order valence-electron chi connectivity index (χ2n) is 3.01. The third kappa shape index (κ3) is 1.90. The lowest BCUT2D eigenvalue weighted by atomic mass is 10.1. The Balaban J connectivity index is 2.19. The molecule has 74 valence electrons. The molecule has 0 atom stereocenters. The molecule has 1 aromatic rings. The molecule has 1 aliphatic heterocycles. The largest absolute Gasteiger partial charge is 0.467 e. The maximum Gasteiger partial charge on any atom is 0.316 e. The maximum absolute atomic E-state index is 5.22. The zero-order valence-corrected chi connectivity index (χ0v) is 8.06. The average Bonchev–Trinajstić information content (AvgIpc) is 2.30. The average molecular weight is 192 g/mol. The number of aromatic nitrogens is 2. The van der Waals surface area contributed by atoms with Gasteiger partial charge in [-0.3, -0.25) is 0 Å². The summed E-state index contributed by atoms with van der Waals surface area (Å²) in [5, 5.41) is 0. The Morgan fingerprint density at radius 3 is 2.71 bits per heavy atom. The summed E-state index contributed by atoms with van der Waals surface area (Å²) >= 11 is 0. The van der Waals surface area contributed by atoms with Crippen molar-refractivity contribution in [1.82, 2.24) is 9.97 Å². The quantitative estimate of drug-likeness (QED) is 0.708. The maximum atomic E-state index is 5.22. The van der Waals surface area contributed by atoms with Gasteiger partial charge in [0, 0.05) is 18.0 Å². The molecule has 0 aliphatic carbocycles. The lowest BCUT2D eigenvalue weighted by molar-refractivity contribution is 0.161. The molecule has 0 spiro atoms. The summed E-state index contributed by atoms with van der Waals surface area (Å²) in [4.78, 5) is 8.11. The van der Waals surface area contributed by atoms with Gasteiger partial charge >= 0.3 is 6.01 Å². The lowest BCUT2D eigenvalue weighted by Crippen LogP contribution is -2.04. The van der Waals surface area contributed by atoms with Gasteiger partial charge in [-0.05, 0) is 12.0 Å². The molecule has 0 saturated heterocycles. The van der Waals surface area contributed by atoms with Gasteiger partial charge in [-0.1, -0.05) is 6.08 Å². The summed E-state index contributed by atoms with van der Waals surface area (Å²) < 4.78 is 10.1. The van der Waals surface area contributed by atoms with E-state index >= 15 is 0 Å². The smallest absolute Gasteiger partial charge is 0.316 e. The van der Waals surface area contributed by atoms with E-state index in [1.807, 2.05) is 0 Å². The first-order chi connectivity index (χ1) is 6.90. The van der Waals surface area contributed by atoms with E-state index in [0.717, 1.165) is 18.6 Å². The van der Waals surface area contributed by atoms with Gasteiger partial charge in [-0.15, -0.1) is 0 Å². The highest BCUT2D eigenvalue weighted by molar-refractivity contribution is 5.64. The van der Waals surface area contributed by atoms with Gasteiger partial charge in [0.25, 0.3) is 0 Å². The molecular formula is C10H12N2O2. The molecule has 4 heteroatoms. The molecule has 2 rings (SSSR count). The van der Waals surface area contributed by atoms with Gasteiger partial charge in [0.05, 0.1) is 20.3 Å². The Bertz CT molecular complexity index is 332. The van der Waals surface area contributed by atoms with Crippen molar-refractivity contribution in [3.8, 4) is 6.01 Å². The minimum absolute atomic E-state index is 0.404. The highest BCUT2D eigenvalue weighted by atomic mass is 16.5. The summed E-state index contributed by atoms with van der Waals surface area (Å²) in [5.41, 5.74) is 2.30. The number of hydrogen-bond donors (Lipinski definition) is 0. The lowest BCUT2D eigenvalue weighted by Gasteiger charge is -2.12. The molecule has 2 heterocycles. The van der Waals surface area contributed by atoms with Crippen molar-refractivity contribution in [2.24, 2.45) is 0 Å². The molecule has 0 fully saturated rings. The summed E-state index contributed by atoms with van der Waals surface area (Å²) in [6, 6.07) is 0.404. The molecular weight excluding hydrogens is 180 g/mol. The molecule has 1 aromatic heterocycles. The fraction of sp³-hybridized carbons (Fsp3) is 0.400. The Kier molecular flexibility index (Phi) is 2.74. The topological polar surface area (TPSA) is 44.2 Å². The van der Waals surface area contributed by atoms with Crippen LogP contribution in [-0.2, 0) is 4.74 Å². The summed E-state index contributed by atoms with van der Waals surface area (Å²) in [6.07, 6.45) is 6.55. The van der Waals surface area contributed by atoms with Crippen LogP contribution in [0.4, 0.5) is 0 Å². The van der Waals surface area contributed by atoms with Crippen LogP contribution in [0.2, 0.25) is 0 Å². The Labute approximate surface area is 82.6 Å². The normalized spacial score (nSPS) is 16.2. The minimum atomic E-state index is 0.404. The summed E-state index contributed by atoms with van der Waals surface area (Å²) in [7, 11) is 1.56. The van der Waals surface area contributed by atoms with Crippen LogP contribution in [-0.4, -0.2) is 30.3 Å². The van der Waals surface area contributed by atoms with Crippen LogP contribution in [0.5, 0.6) is 6.01 Å².